The average Bonchev–Trinajstić information content (AvgIpc) is 2.54. The van der Waals surface area contributed by atoms with Gasteiger partial charge >= 0.3 is 0 Å². The highest BCUT2D eigenvalue weighted by atomic mass is 19.1. The molecule has 0 aromatic heterocycles. The molecule has 3 rings (SSSR count). The fraction of sp³-hybridized carbons (Fsp3) is 0.278. The van der Waals surface area contributed by atoms with Crippen molar-refractivity contribution in [1.82, 2.24) is 5.32 Å². The Morgan fingerprint density at radius 2 is 2.00 bits per heavy atom. The average molecular weight is 299 g/mol. The number of methoxy groups -OCH3 is 1. The van der Waals surface area contributed by atoms with Gasteiger partial charge in [0.05, 0.1) is 7.11 Å². The Labute approximate surface area is 129 Å². The molecule has 114 valence electrons. The molecule has 3 nitrogen and oxygen atoms in total. The van der Waals surface area contributed by atoms with E-state index in [0.29, 0.717) is 5.56 Å². The van der Waals surface area contributed by atoms with Crippen molar-refractivity contribution in [3.8, 4) is 5.75 Å². The number of fused-ring (bicyclic) bond motifs is 1. The van der Waals surface area contributed by atoms with E-state index in [1.54, 1.807) is 7.11 Å². The molecule has 0 saturated carbocycles. The molecule has 2 aromatic rings. The van der Waals surface area contributed by atoms with Gasteiger partial charge in [0, 0.05) is 11.6 Å². The maximum Gasteiger partial charge on any atom is 0.251 e. The van der Waals surface area contributed by atoms with Gasteiger partial charge < -0.3 is 10.1 Å². The molecule has 1 atom stereocenters. The Morgan fingerprint density at radius 3 is 2.73 bits per heavy atom. The molecule has 0 bridgehead atoms. The molecule has 0 fully saturated rings. The lowest BCUT2D eigenvalue weighted by Gasteiger charge is -2.27. The monoisotopic (exact) mass is 299 g/mol. The third kappa shape index (κ3) is 2.96. The molecular formula is C18H18FNO2. The number of amides is 1. The van der Waals surface area contributed by atoms with Crippen molar-refractivity contribution < 1.29 is 13.9 Å². The van der Waals surface area contributed by atoms with Crippen LogP contribution in [0.1, 0.15) is 27.9 Å². The van der Waals surface area contributed by atoms with Crippen LogP contribution in [0.25, 0.3) is 0 Å². The van der Waals surface area contributed by atoms with Crippen LogP contribution >= 0.6 is 0 Å². The highest BCUT2D eigenvalue weighted by Crippen LogP contribution is 2.29. The molecule has 1 aliphatic carbocycles. The summed E-state index contributed by atoms with van der Waals surface area (Å²) in [6, 6.07) is 11.7. The number of ether oxygens (including phenoxy) is 1. The molecular weight excluding hydrogens is 281 g/mol. The number of benzene rings is 2. The normalized spacial score (nSPS) is 16.7. The van der Waals surface area contributed by atoms with Crippen molar-refractivity contribution in [3.05, 3.63) is 65.0 Å². The molecule has 22 heavy (non-hydrogen) atoms. The minimum absolute atomic E-state index is 0.0707. The summed E-state index contributed by atoms with van der Waals surface area (Å²) in [6.45, 7) is 0. The third-order valence-corrected chi connectivity index (χ3v) is 4.10. The molecule has 1 amide bonds. The van der Waals surface area contributed by atoms with Crippen LogP contribution < -0.4 is 10.1 Å². The van der Waals surface area contributed by atoms with Crippen LogP contribution in [0, 0.1) is 5.82 Å². The van der Waals surface area contributed by atoms with E-state index in [9.17, 15) is 9.18 Å². The van der Waals surface area contributed by atoms with Crippen LogP contribution in [0.4, 0.5) is 4.39 Å². The molecule has 1 N–H and O–H groups in total. The molecule has 0 heterocycles. The van der Waals surface area contributed by atoms with Crippen LogP contribution in [0.3, 0.4) is 0 Å². The minimum atomic E-state index is -0.340. The zero-order valence-corrected chi connectivity index (χ0v) is 12.4. The summed E-state index contributed by atoms with van der Waals surface area (Å²) in [7, 11) is 1.66. The Bertz CT molecular complexity index is 668. The summed E-state index contributed by atoms with van der Waals surface area (Å²) < 4.78 is 18.3. The van der Waals surface area contributed by atoms with E-state index in [1.165, 1.54) is 35.4 Å². The van der Waals surface area contributed by atoms with Crippen molar-refractivity contribution in [3.63, 3.8) is 0 Å². The maximum absolute atomic E-state index is 12.9. The molecule has 1 aliphatic rings. The molecule has 4 heteroatoms. The lowest BCUT2D eigenvalue weighted by Crippen LogP contribution is -2.39. The van der Waals surface area contributed by atoms with Crippen LogP contribution in [-0.2, 0) is 12.8 Å². The summed E-state index contributed by atoms with van der Waals surface area (Å²) in [5.41, 5.74) is 2.93. The lowest BCUT2D eigenvalue weighted by molar-refractivity contribution is 0.0933. The Kier molecular flexibility index (Phi) is 4.09. The second kappa shape index (κ2) is 6.18. The summed E-state index contributed by atoms with van der Waals surface area (Å²) in [5, 5.41) is 3.03. The van der Waals surface area contributed by atoms with Gasteiger partial charge in [0.1, 0.15) is 11.6 Å². The number of nitrogens with one attached hydrogen (secondary N) is 1. The molecule has 0 radical (unpaired) electrons. The first kappa shape index (κ1) is 14.6. The van der Waals surface area contributed by atoms with E-state index in [2.05, 4.69) is 11.4 Å². The second-order valence-electron chi connectivity index (χ2n) is 5.52. The molecule has 0 saturated heterocycles. The summed E-state index contributed by atoms with van der Waals surface area (Å²) in [5.74, 6) is 0.370. The van der Waals surface area contributed by atoms with E-state index in [1.807, 2.05) is 12.1 Å². The summed E-state index contributed by atoms with van der Waals surface area (Å²) in [4.78, 5) is 12.2. The Hall–Kier alpha value is -2.36. The maximum atomic E-state index is 12.9. The van der Waals surface area contributed by atoms with E-state index in [4.69, 9.17) is 4.74 Å². The molecule has 0 spiro atoms. The lowest BCUT2D eigenvalue weighted by atomic mass is 9.87. The number of carbonyl (C=O) groups excluding carboxylic acids is 1. The van der Waals surface area contributed by atoms with Crippen molar-refractivity contribution in [2.45, 2.75) is 25.3 Å². The van der Waals surface area contributed by atoms with Gasteiger partial charge in [-0.2, -0.15) is 0 Å². The van der Waals surface area contributed by atoms with Gasteiger partial charge in [0.2, 0.25) is 0 Å². The van der Waals surface area contributed by atoms with E-state index in [-0.39, 0.29) is 17.8 Å². The number of halogens is 1. The third-order valence-electron chi connectivity index (χ3n) is 4.10. The molecule has 0 aliphatic heterocycles. The predicted octanol–water partition coefficient (Wildman–Crippen LogP) is 3.12. The minimum Gasteiger partial charge on any atom is -0.496 e. The second-order valence-corrected chi connectivity index (χ2v) is 5.52. The van der Waals surface area contributed by atoms with Gasteiger partial charge in [-0.15, -0.1) is 0 Å². The van der Waals surface area contributed by atoms with E-state index in [0.717, 1.165) is 25.0 Å². The Morgan fingerprint density at radius 1 is 1.23 bits per heavy atom. The first-order valence-electron chi connectivity index (χ1n) is 7.38. The van der Waals surface area contributed by atoms with Crippen molar-refractivity contribution in [2.75, 3.05) is 7.11 Å². The number of hydrogen-bond acceptors (Lipinski definition) is 2. The fourth-order valence-electron chi connectivity index (χ4n) is 2.94. The Balaban J connectivity index is 1.72. The number of carbonyl (C=O) groups is 1. The quantitative estimate of drug-likeness (QED) is 0.945. The number of rotatable bonds is 3. The summed E-state index contributed by atoms with van der Waals surface area (Å²) >= 11 is 0. The zero-order chi connectivity index (χ0) is 15.5. The highest BCUT2D eigenvalue weighted by Gasteiger charge is 2.23. The van der Waals surface area contributed by atoms with Crippen LogP contribution in [0.15, 0.2) is 42.5 Å². The van der Waals surface area contributed by atoms with Gasteiger partial charge in [-0.3, -0.25) is 4.79 Å². The molecule has 2 aromatic carbocycles. The van der Waals surface area contributed by atoms with Gasteiger partial charge in [-0.05, 0) is 60.7 Å². The number of aryl methyl sites for hydroxylation is 1. The standard InChI is InChI=1S/C18H18FNO2/c1-22-17-4-2-3-12-7-10-15(11-16(12)17)20-18(21)13-5-8-14(19)9-6-13/h2-6,8-9,15H,7,10-11H2,1H3,(H,20,21)/t15-/m1/s1. The van der Waals surface area contributed by atoms with Crippen LogP contribution in [-0.4, -0.2) is 19.1 Å². The van der Waals surface area contributed by atoms with Gasteiger partial charge in [-0.25, -0.2) is 4.39 Å². The van der Waals surface area contributed by atoms with Crippen molar-refractivity contribution in [2.24, 2.45) is 0 Å². The predicted molar refractivity (Wildman–Crippen MR) is 82.7 cm³/mol. The van der Waals surface area contributed by atoms with Gasteiger partial charge in [0.25, 0.3) is 5.91 Å². The van der Waals surface area contributed by atoms with Gasteiger partial charge in [-0.1, -0.05) is 12.1 Å². The smallest absolute Gasteiger partial charge is 0.251 e. The topological polar surface area (TPSA) is 38.3 Å². The van der Waals surface area contributed by atoms with Gasteiger partial charge in [0.15, 0.2) is 0 Å². The van der Waals surface area contributed by atoms with Crippen molar-refractivity contribution in [1.29, 1.82) is 0 Å². The number of hydrogen-bond donors (Lipinski definition) is 1. The fourth-order valence-corrected chi connectivity index (χ4v) is 2.94. The SMILES string of the molecule is COc1cccc2c1C[C@H](NC(=O)c1ccc(F)cc1)CC2. The largest absolute Gasteiger partial charge is 0.496 e. The van der Waals surface area contributed by atoms with Crippen molar-refractivity contribution >= 4 is 5.91 Å². The first-order chi connectivity index (χ1) is 10.7. The van der Waals surface area contributed by atoms with Crippen LogP contribution in [0.2, 0.25) is 0 Å². The molecule has 0 unspecified atom stereocenters. The first-order valence-corrected chi connectivity index (χ1v) is 7.38. The van der Waals surface area contributed by atoms with E-state index >= 15 is 0 Å². The van der Waals surface area contributed by atoms with E-state index < -0.39 is 0 Å². The zero-order valence-electron chi connectivity index (χ0n) is 12.4. The highest BCUT2D eigenvalue weighted by molar-refractivity contribution is 5.94. The van der Waals surface area contributed by atoms with Crippen LogP contribution in [0.5, 0.6) is 5.75 Å². The summed E-state index contributed by atoms with van der Waals surface area (Å²) in [6.07, 6.45) is 2.57.